The van der Waals surface area contributed by atoms with Gasteiger partial charge in [0.25, 0.3) is 5.56 Å². The van der Waals surface area contributed by atoms with Crippen molar-refractivity contribution >= 4 is 16.9 Å². The number of rotatable bonds is 9. The number of fused-ring (bicyclic) bond motifs is 2. The van der Waals surface area contributed by atoms with Crippen molar-refractivity contribution in [1.82, 2.24) is 30.1 Å². The van der Waals surface area contributed by atoms with Crippen LogP contribution in [0.3, 0.4) is 0 Å². The highest BCUT2D eigenvalue weighted by molar-refractivity contribution is 5.83. The number of aromatic amines is 1. The van der Waals surface area contributed by atoms with Crippen molar-refractivity contribution in [1.29, 1.82) is 0 Å². The van der Waals surface area contributed by atoms with E-state index in [4.69, 9.17) is 18.9 Å². The van der Waals surface area contributed by atoms with Gasteiger partial charge in [-0.05, 0) is 42.3 Å². The standard InChI is InChI=1S/C22H26N6O6/c1-2-31-21(29)12-28-20(24-25-26-28)11-27(10-16-4-3-5-32-16)9-15-6-14-7-18-19(34-13-33-18)8-17(14)23-22(15)30/h6-8,16H,2-5,9-13H2,1H3,(H,23,30)/t16-/m0/s1. The highest BCUT2D eigenvalue weighted by Crippen LogP contribution is 2.35. The number of ether oxygens (including phenoxy) is 4. The molecular formula is C22H26N6O6. The third kappa shape index (κ3) is 4.87. The topological polar surface area (TPSA) is 134 Å². The molecule has 0 aliphatic carbocycles. The summed E-state index contributed by atoms with van der Waals surface area (Å²) < 4.78 is 23.1. The Bertz CT molecular complexity index is 1230. The molecule has 12 heteroatoms. The fourth-order valence-corrected chi connectivity index (χ4v) is 4.25. The van der Waals surface area contributed by atoms with E-state index >= 15 is 0 Å². The molecule has 12 nitrogen and oxygen atoms in total. The summed E-state index contributed by atoms with van der Waals surface area (Å²) in [5, 5.41) is 12.6. The molecule has 0 spiro atoms. The largest absolute Gasteiger partial charge is 0.465 e. The van der Waals surface area contributed by atoms with Gasteiger partial charge in [-0.2, -0.15) is 0 Å². The molecule has 1 fully saturated rings. The maximum atomic E-state index is 12.9. The van der Waals surface area contributed by atoms with Crippen LogP contribution in [0.15, 0.2) is 23.0 Å². The molecule has 1 aromatic carbocycles. The molecule has 2 aliphatic rings. The van der Waals surface area contributed by atoms with E-state index < -0.39 is 5.97 Å². The number of pyridine rings is 1. The summed E-state index contributed by atoms with van der Waals surface area (Å²) in [4.78, 5) is 29.8. The first-order valence-corrected chi connectivity index (χ1v) is 11.3. The summed E-state index contributed by atoms with van der Waals surface area (Å²) in [5.41, 5.74) is 1.09. The van der Waals surface area contributed by atoms with Crippen LogP contribution in [0.25, 0.3) is 10.9 Å². The Morgan fingerprint density at radius 2 is 2.12 bits per heavy atom. The Labute approximate surface area is 194 Å². The van der Waals surface area contributed by atoms with Gasteiger partial charge in [0.2, 0.25) is 6.79 Å². The number of tetrazole rings is 1. The van der Waals surface area contributed by atoms with Gasteiger partial charge in [0, 0.05) is 36.7 Å². The smallest absolute Gasteiger partial charge is 0.327 e. The number of hydrogen-bond donors (Lipinski definition) is 1. The van der Waals surface area contributed by atoms with Gasteiger partial charge in [-0.1, -0.05) is 0 Å². The van der Waals surface area contributed by atoms with Crippen molar-refractivity contribution in [2.75, 3.05) is 26.6 Å². The van der Waals surface area contributed by atoms with Crippen LogP contribution >= 0.6 is 0 Å². The predicted molar refractivity (Wildman–Crippen MR) is 118 cm³/mol. The second kappa shape index (κ2) is 9.77. The molecule has 3 aromatic rings. The van der Waals surface area contributed by atoms with Crippen molar-refractivity contribution in [3.8, 4) is 11.5 Å². The Morgan fingerprint density at radius 1 is 1.26 bits per heavy atom. The fraction of sp³-hybridized carbons (Fsp3) is 0.500. The number of hydrogen-bond acceptors (Lipinski definition) is 10. The molecule has 1 saturated heterocycles. The minimum Gasteiger partial charge on any atom is -0.465 e. The van der Waals surface area contributed by atoms with E-state index in [1.165, 1.54) is 4.68 Å². The lowest BCUT2D eigenvalue weighted by atomic mass is 10.1. The van der Waals surface area contributed by atoms with Crippen LogP contribution in [-0.4, -0.2) is 68.7 Å². The number of carbonyl (C=O) groups is 1. The minimum atomic E-state index is -0.411. The van der Waals surface area contributed by atoms with Gasteiger partial charge >= 0.3 is 5.97 Å². The third-order valence-corrected chi connectivity index (χ3v) is 5.85. The van der Waals surface area contributed by atoms with Crippen molar-refractivity contribution < 1.29 is 23.7 Å². The van der Waals surface area contributed by atoms with Gasteiger partial charge in [-0.25, -0.2) is 4.68 Å². The van der Waals surface area contributed by atoms with Gasteiger partial charge in [-0.3, -0.25) is 14.5 Å². The van der Waals surface area contributed by atoms with E-state index in [-0.39, 0.29) is 31.6 Å². The quantitative estimate of drug-likeness (QED) is 0.451. The number of esters is 1. The van der Waals surface area contributed by atoms with E-state index in [2.05, 4.69) is 25.4 Å². The molecule has 0 saturated carbocycles. The zero-order chi connectivity index (χ0) is 23.5. The van der Waals surface area contributed by atoms with Crippen molar-refractivity contribution in [2.24, 2.45) is 0 Å². The summed E-state index contributed by atoms with van der Waals surface area (Å²) >= 11 is 0. The lowest BCUT2D eigenvalue weighted by Crippen LogP contribution is -2.34. The first-order valence-electron chi connectivity index (χ1n) is 11.3. The Morgan fingerprint density at radius 3 is 2.91 bits per heavy atom. The second-order valence-electron chi connectivity index (χ2n) is 8.28. The number of aromatic nitrogens is 5. The lowest BCUT2D eigenvalue weighted by molar-refractivity contribution is -0.144. The zero-order valence-corrected chi connectivity index (χ0v) is 18.9. The average molecular weight is 470 g/mol. The van der Waals surface area contributed by atoms with Crippen LogP contribution in [0.4, 0.5) is 0 Å². The maximum Gasteiger partial charge on any atom is 0.327 e. The van der Waals surface area contributed by atoms with Crippen molar-refractivity contribution in [2.45, 2.75) is 45.5 Å². The Hall–Kier alpha value is -3.51. The van der Waals surface area contributed by atoms with Crippen LogP contribution in [0.5, 0.6) is 11.5 Å². The molecule has 5 rings (SSSR count). The van der Waals surface area contributed by atoms with Crippen molar-refractivity contribution in [3.05, 3.63) is 39.9 Å². The number of nitrogens with one attached hydrogen (secondary N) is 1. The molecule has 2 aromatic heterocycles. The maximum absolute atomic E-state index is 12.9. The van der Waals surface area contributed by atoms with E-state index in [0.717, 1.165) is 24.8 Å². The van der Waals surface area contributed by atoms with Gasteiger partial charge < -0.3 is 23.9 Å². The summed E-state index contributed by atoms with van der Waals surface area (Å²) in [6.07, 6.45) is 2.01. The normalized spacial score (nSPS) is 17.1. The highest BCUT2D eigenvalue weighted by atomic mass is 16.7. The highest BCUT2D eigenvalue weighted by Gasteiger charge is 2.23. The monoisotopic (exact) mass is 470 g/mol. The van der Waals surface area contributed by atoms with E-state index in [0.29, 0.717) is 48.0 Å². The van der Waals surface area contributed by atoms with E-state index in [1.807, 2.05) is 12.1 Å². The summed E-state index contributed by atoms with van der Waals surface area (Å²) in [5.74, 6) is 1.36. The van der Waals surface area contributed by atoms with Crippen LogP contribution in [0.2, 0.25) is 0 Å². The SMILES string of the molecule is CCOC(=O)Cn1nnnc1CN(Cc1cc2cc3c(cc2[nH]c1=O)OCO3)C[C@@H]1CCCO1. The van der Waals surface area contributed by atoms with Gasteiger partial charge in [-0.15, -0.1) is 5.10 Å². The molecule has 0 amide bonds. The minimum absolute atomic E-state index is 0.0581. The summed E-state index contributed by atoms with van der Waals surface area (Å²) in [6, 6.07) is 5.50. The molecule has 0 bridgehead atoms. The fourth-order valence-electron chi connectivity index (χ4n) is 4.25. The molecule has 2 aliphatic heterocycles. The lowest BCUT2D eigenvalue weighted by Gasteiger charge is -2.24. The molecule has 4 heterocycles. The summed E-state index contributed by atoms with van der Waals surface area (Å²) in [6.45, 7) is 4.14. The molecular weight excluding hydrogens is 444 g/mol. The van der Waals surface area contributed by atoms with Gasteiger partial charge in [0.15, 0.2) is 17.3 Å². The average Bonchev–Trinajstić information content (AvgIpc) is 3.56. The second-order valence-corrected chi connectivity index (χ2v) is 8.28. The van der Waals surface area contributed by atoms with Crippen LogP contribution in [-0.2, 0) is 33.9 Å². The molecule has 0 unspecified atom stereocenters. The van der Waals surface area contributed by atoms with Gasteiger partial charge in [0.1, 0.15) is 6.54 Å². The van der Waals surface area contributed by atoms with Crippen LogP contribution < -0.4 is 15.0 Å². The number of nitrogens with zero attached hydrogens (tertiary/aromatic N) is 5. The predicted octanol–water partition coefficient (Wildman–Crippen LogP) is 0.988. The third-order valence-electron chi connectivity index (χ3n) is 5.85. The van der Waals surface area contributed by atoms with Gasteiger partial charge in [0.05, 0.1) is 24.8 Å². The van der Waals surface area contributed by atoms with Crippen molar-refractivity contribution in [3.63, 3.8) is 0 Å². The first-order chi connectivity index (χ1) is 16.6. The molecule has 34 heavy (non-hydrogen) atoms. The molecule has 1 N–H and O–H groups in total. The number of H-pyrrole nitrogens is 1. The summed E-state index contributed by atoms with van der Waals surface area (Å²) in [7, 11) is 0. The van der Waals surface area contributed by atoms with E-state index in [9.17, 15) is 9.59 Å². The van der Waals surface area contributed by atoms with E-state index in [1.54, 1.807) is 13.0 Å². The Balaban J connectivity index is 1.39. The Kier molecular flexibility index (Phi) is 6.41. The molecule has 0 radical (unpaired) electrons. The number of carbonyl (C=O) groups excluding carboxylic acids is 1. The number of benzene rings is 1. The molecule has 1 atom stereocenters. The van der Waals surface area contributed by atoms with Crippen LogP contribution in [0.1, 0.15) is 31.2 Å². The van der Waals surface area contributed by atoms with Crippen LogP contribution in [0, 0.1) is 0 Å². The first kappa shape index (κ1) is 22.3. The molecule has 180 valence electrons. The zero-order valence-electron chi connectivity index (χ0n) is 18.9.